The number of carbonyl (C=O) groups is 5. The molecule has 4 amide bonds. The van der Waals surface area contributed by atoms with Crippen molar-refractivity contribution in [1.82, 2.24) is 31.0 Å². The number of anilines is 1. The van der Waals surface area contributed by atoms with Crippen LogP contribution in [0.15, 0.2) is 21.8 Å². The van der Waals surface area contributed by atoms with Crippen molar-refractivity contribution < 1.29 is 34.3 Å². The number of aliphatic carboxylic acids is 1. The van der Waals surface area contributed by atoms with Crippen LogP contribution in [0.2, 0.25) is 0 Å². The van der Waals surface area contributed by atoms with Crippen molar-refractivity contribution in [2.75, 3.05) is 24.3 Å². The van der Waals surface area contributed by atoms with Crippen molar-refractivity contribution in [1.29, 1.82) is 0 Å². The Bertz CT molecular complexity index is 1180. The van der Waals surface area contributed by atoms with E-state index in [9.17, 15) is 34.3 Å². The molecular weight excluding hydrogens is 524 g/mol. The van der Waals surface area contributed by atoms with E-state index in [1.54, 1.807) is 0 Å². The largest absolute Gasteiger partial charge is 0.543 e. The van der Waals surface area contributed by atoms with E-state index in [-0.39, 0.29) is 28.0 Å². The molecule has 0 aromatic carbocycles. The SMILES string of the molecule is CN1NC(=O)C(=O)NC1SCC1=C(C(=O)[O-])N2C(=O)C(NC(=O)C(=NO)c3csc(N)n3)C2SC1. The van der Waals surface area contributed by atoms with Gasteiger partial charge < -0.3 is 31.5 Å². The number of nitrogens with one attached hydrogen (secondary N) is 3. The summed E-state index contributed by atoms with van der Waals surface area (Å²) in [6.45, 7) is 0. The summed E-state index contributed by atoms with van der Waals surface area (Å²) in [6.07, 6.45) is 0. The van der Waals surface area contributed by atoms with Crippen LogP contribution in [0.1, 0.15) is 5.69 Å². The Hall–Kier alpha value is -3.35. The molecule has 0 aliphatic carbocycles. The number of hydrogen-bond donors (Lipinski definition) is 5. The highest BCUT2D eigenvalue weighted by molar-refractivity contribution is 8.01. The summed E-state index contributed by atoms with van der Waals surface area (Å²) in [5.41, 5.74) is 6.88. The zero-order chi connectivity index (χ0) is 25.4. The Morgan fingerprint density at radius 2 is 2.14 bits per heavy atom. The average molecular weight is 542 g/mol. The maximum absolute atomic E-state index is 12.8. The van der Waals surface area contributed by atoms with Crippen LogP contribution >= 0.6 is 34.9 Å². The number of carbonyl (C=O) groups excluding carboxylic acids is 5. The molecule has 4 rings (SSSR count). The van der Waals surface area contributed by atoms with E-state index in [4.69, 9.17) is 5.73 Å². The fourth-order valence-electron chi connectivity index (χ4n) is 3.48. The first-order chi connectivity index (χ1) is 16.6. The number of nitrogens with zero attached hydrogens (tertiary/aromatic N) is 4. The number of fused-ring (bicyclic) bond motifs is 1. The minimum absolute atomic E-state index is 0.0259. The number of oxime groups is 1. The van der Waals surface area contributed by atoms with Gasteiger partial charge in [-0.15, -0.1) is 34.9 Å². The van der Waals surface area contributed by atoms with E-state index in [0.29, 0.717) is 5.57 Å². The second kappa shape index (κ2) is 9.72. The van der Waals surface area contributed by atoms with Crippen molar-refractivity contribution >= 4 is 75.3 Å². The van der Waals surface area contributed by atoms with E-state index in [0.717, 1.165) is 28.0 Å². The van der Waals surface area contributed by atoms with Crippen molar-refractivity contribution in [3.8, 4) is 0 Å². The van der Waals surface area contributed by atoms with Gasteiger partial charge in [-0.2, -0.15) is 5.01 Å². The van der Waals surface area contributed by atoms with E-state index >= 15 is 0 Å². The molecule has 0 saturated carbocycles. The van der Waals surface area contributed by atoms with Gasteiger partial charge in [0, 0.05) is 23.9 Å². The monoisotopic (exact) mass is 541 g/mol. The number of β-lactam (4-membered cyclic amide) rings is 1. The molecule has 3 aliphatic heterocycles. The van der Waals surface area contributed by atoms with Gasteiger partial charge in [-0.05, 0) is 5.57 Å². The van der Waals surface area contributed by atoms with E-state index in [1.165, 1.54) is 29.2 Å². The van der Waals surface area contributed by atoms with E-state index in [2.05, 4.69) is 26.2 Å². The van der Waals surface area contributed by atoms with Gasteiger partial charge in [-0.1, -0.05) is 5.16 Å². The average Bonchev–Trinajstić information content (AvgIpc) is 3.24. The van der Waals surface area contributed by atoms with Gasteiger partial charge >= 0.3 is 11.8 Å². The van der Waals surface area contributed by atoms with Crippen LogP contribution in [0.4, 0.5) is 5.13 Å². The Kier molecular flexibility index (Phi) is 6.88. The molecule has 18 heteroatoms. The topological polar surface area (TPSA) is 222 Å². The molecule has 35 heavy (non-hydrogen) atoms. The molecule has 1 aromatic rings. The Balaban J connectivity index is 1.45. The van der Waals surface area contributed by atoms with Crippen molar-refractivity contribution in [2.45, 2.75) is 16.9 Å². The summed E-state index contributed by atoms with van der Waals surface area (Å²) in [4.78, 5) is 65.2. The van der Waals surface area contributed by atoms with Gasteiger partial charge in [0.05, 0.1) is 11.7 Å². The molecule has 15 nitrogen and oxygen atoms in total. The minimum atomic E-state index is -1.56. The third kappa shape index (κ3) is 4.64. The van der Waals surface area contributed by atoms with Gasteiger partial charge in [0.25, 0.3) is 11.8 Å². The number of aromatic nitrogens is 1. The highest BCUT2D eigenvalue weighted by Crippen LogP contribution is 2.41. The number of rotatable bonds is 7. The number of nitrogens with two attached hydrogens (primary N) is 1. The minimum Gasteiger partial charge on any atom is -0.543 e. The van der Waals surface area contributed by atoms with Gasteiger partial charge in [0.1, 0.15) is 22.6 Å². The Labute approximate surface area is 209 Å². The maximum Gasteiger partial charge on any atom is 0.323 e. The molecule has 6 N–H and O–H groups in total. The number of hydrazine groups is 1. The maximum atomic E-state index is 12.8. The van der Waals surface area contributed by atoms with Gasteiger partial charge in [0.15, 0.2) is 10.8 Å². The summed E-state index contributed by atoms with van der Waals surface area (Å²) in [5, 5.41) is 31.2. The molecule has 2 saturated heterocycles. The third-order valence-corrected chi connectivity index (χ3v) is 8.39. The van der Waals surface area contributed by atoms with Crippen LogP contribution in [0.25, 0.3) is 0 Å². The lowest BCUT2D eigenvalue weighted by molar-refractivity contribution is -0.301. The summed E-state index contributed by atoms with van der Waals surface area (Å²) in [5.74, 6) is -4.44. The third-order valence-electron chi connectivity index (χ3n) is 5.11. The van der Waals surface area contributed by atoms with Crippen molar-refractivity contribution in [3.63, 3.8) is 0 Å². The van der Waals surface area contributed by atoms with Crippen LogP contribution in [0, 0.1) is 0 Å². The lowest BCUT2D eigenvalue weighted by Crippen LogP contribution is -2.71. The normalized spacial score (nSPS) is 24.9. The first-order valence-electron chi connectivity index (χ1n) is 9.70. The van der Waals surface area contributed by atoms with Crippen LogP contribution in [-0.4, -0.2) is 90.9 Å². The van der Waals surface area contributed by atoms with Crippen LogP contribution in [-0.2, 0) is 24.0 Å². The molecule has 0 bridgehead atoms. The second-order valence-electron chi connectivity index (χ2n) is 7.31. The lowest BCUT2D eigenvalue weighted by Gasteiger charge is -2.51. The smallest absolute Gasteiger partial charge is 0.323 e. The molecule has 186 valence electrons. The molecule has 0 radical (unpaired) electrons. The number of carboxylic acid groups (broad SMARTS) is 1. The highest BCUT2D eigenvalue weighted by Gasteiger charge is 2.53. The van der Waals surface area contributed by atoms with Crippen molar-refractivity contribution in [2.24, 2.45) is 5.16 Å². The number of hydrogen-bond acceptors (Lipinski definition) is 14. The summed E-state index contributed by atoms with van der Waals surface area (Å²) in [6, 6.07) is -1.07. The fourth-order valence-corrected chi connectivity index (χ4v) is 6.57. The molecule has 3 aliphatic rings. The molecule has 1 aromatic heterocycles. The molecule has 2 fully saturated rings. The predicted molar refractivity (Wildman–Crippen MR) is 122 cm³/mol. The zero-order valence-corrected chi connectivity index (χ0v) is 20.2. The fraction of sp³-hybridized carbons (Fsp3) is 0.353. The summed E-state index contributed by atoms with van der Waals surface area (Å²) < 4.78 is 0. The zero-order valence-electron chi connectivity index (χ0n) is 17.7. The van der Waals surface area contributed by atoms with E-state index in [1.807, 2.05) is 0 Å². The number of amides is 4. The first-order valence-corrected chi connectivity index (χ1v) is 12.7. The van der Waals surface area contributed by atoms with Gasteiger partial charge in [0.2, 0.25) is 0 Å². The van der Waals surface area contributed by atoms with Gasteiger partial charge in [-0.3, -0.25) is 29.5 Å². The quantitative estimate of drug-likeness (QED) is 0.0743. The van der Waals surface area contributed by atoms with Crippen LogP contribution in [0.5, 0.6) is 0 Å². The summed E-state index contributed by atoms with van der Waals surface area (Å²) in [7, 11) is 1.53. The number of nitrogen functional groups attached to an aromatic ring is 1. The highest BCUT2D eigenvalue weighted by atomic mass is 32.2. The van der Waals surface area contributed by atoms with Crippen LogP contribution < -0.4 is 26.9 Å². The van der Waals surface area contributed by atoms with Crippen molar-refractivity contribution in [3.05, 3.63) is 22.3 Å². The van der Waals surface area contributed by atoms with Gasteiger partial charge in [-0.25, -0.2) is 4.98 Å². The first kappa shape index (κ1) is 24.8. The Morgan fingerprint density at radius 1 is 1.40 bits per heavy atom. The summed E-state index contributed by atoms with van der Waals surface area (Å²) >= 11 is 3.39. The molecule has 4 heterocycles. The Morgan fingerprint density at radius 3 is 2.77 bits per heavy atom. The predicted octanol–water partition coefficient (Wildman–Crippen LogP) is -3.58. The van der Waals surface area contributed by atoms with Crippen LogP contribution in [0.3, 0.4) is 0 Å². The standard InChI is InChI=1S/C17H18N8O7S3/c1-24-17(21-11(27)12(28)22-24)35-3-5-2-33-14-8(13(29)25(14)9(5)15(30)31)20-10(26)7(23-32)6-4-34-16(18)19-6/h4,8,14,17,32H,2-3H2,1H3,(H2,18,19)(H,20,26)(H,21,27)(H,22,28)(H,30,31)/p-1. The number of thioether (sulfide) groups is 2. The number of thiazole rings is 1. The molecular formula is C17H17N8O7S3-. The molecule has 0 spiro atoms. The molecule has 3 atom stereocenters. The number of carboxylic acids is 1. The van der Waals surface area contributed by atoms with E-state index < -0.39 is 52.2 Å². The molecule has 3 unspecified atom stereocenters. The lowest BCUT2D eigenvalue weighted by atomic mass is 10.0. The second-order valence-corrected chi connectivity index (χ2v) is 10.4.